The highest BCUT2D eigenvalue weighted by atomic mass is 16.1. The van der Waals surface area contributed by atoms with Crippen LogP contribution in [0.3, 0.4) is 0 Å². The van der Waals surface area contributed by atoms with Crippen LogP contribution in [0.4, 0.5) is 0 Å². The summed E-state index contributed by atoms with van der Waals surface area (Å²) in [5.74, 6) is 0.196. The first-order valence-electron chi connectivity index (χ1n) is 13.1. The molecule has 0 saturated carbocycles. The van der Waals surface area contributed by atoms with Crippen LogP contribution in [0.5, 0.6) is 0 Å². The Kier molecular flexibility index (Phi) is 24.7. The number of allylic oxidation sites excluding steroid dienone is 6. The average Bonchev–Trinajstić information content (AvgIpc) is 2.80. The third-order valence-electron chi connectivity index (χ3n) is 5.38. The molecule has 32 heavy (non-hydrogen) atoms. The highest BCUT2D eigenvalue weighted by Crippen LogP contribution is 2.08. The van der Waals surface area contributed by atoms with Gasteiger partial charge in [0.1, 0.15) is 0 Å². The highest BCUT2D eigenvalue weighted by Gasteiger charge is 2.05. The number of amides is 1. The average molecular weight is 449 g/mol. The Balaban J connectivity index is 3.52. The summed E-state index contributed by atoms with van der Waals surface area (Å²) in [7, 11) is 0. The van der Waals surface area contributed by atoms with Gasteiger partial charge in [-0.3, -0.25) is 4.79 Å². The predicted octanol–water partition coefficient (Wildman–Crippen LogP) is 5.08. The van der Waals surface area contributed by atoms with Crippen molar-refractivity contribution in [2.45, 2.75) is 90.4 Å². The van der Waals surface area contributed by atoms with Gasteiger partial charge in [-0.2, -0.15) is 0 Å². The molecule has 0 aromatic carbocycles. The third kappa shape index (κ3) is 23.2. The summed E-state index contributed by atoms with van der Waals surface area (Å²) in [6.45, 7) is 7.41. The zero-order chi connectivity index (χ0) is 23.5. The van der Waals surface area contributed by atoms with Crippen molar-refractivity contribution >= 4 is 5.91 Å². The second-order valence-corrected chi connectivity index (χ2v) is 8.43. The molecule has 0 unspecified atom stereocenters. The summed E-state index contributed by atoms with van der Waals surface area (Å²) >= 11 is 0. The predicted molar refractivity (Wildman–Crippen MR) is 141 cm³/mol. The Morgan fingerprint density at radius 3 is 1.94 bits per heavy atom. The van der Waals surface area contributed by atoms with E-state index in [2.05, 4.69) is 53.6 Å². The molecule has 0 aliphatic rings. The van der Waals surface area contributed by atoms with Gasteiger partial charge in [0.15, 0.2) is 0 Å². The fourth-order valence-corrected chi connectivity index (χ4v) is 3.49. The van der Waals surface area contributed by atoms with Crippen molar-refractivity contribution in [1.29, 1.82) is 0 Å². The highest BCUT2D eigenvalue weighted by molar-refractivity contribution is 5.75. The molecule has 0 bridgehead atoms. The topological polar surface area (TPSA) is 84.4 Å². The number of hydrogen-bond donors (Lipinski definition) is 3. The molecule has 0 aromatic rings. The van der Waals surface area contributed by atoms with E-state index in [4.69, 9.17) is 11.5 Å². The van der Waals surface area contributed by atoms with E-state index in [0.29, 0.717) is 6.42 Å². The van der Waals surface area contributed by atoms with Crippen molar-refractivity contribution in [2.24, 2.45) is 11.5 Å². The standard InChI is InChI=1S/C27H52N4O/c1-2-3-4-5-6-7-8-9-10-11-12-13-14-15-16-20-27(32)30-23-19-26-31(24-17-21-28)25-18-22-29/h3-4,6-7,9-10H,2,5,8,11-26,28-29H2,1H3,(H,30,32)/b4-3-,7-6-,10-9-. The number of nitrogens with zero attached hydrogens (tertiary/aromatic N) is 1. The minimum absolute atomic E-state index is 0.196. The molecule has 5 N–H and O–H groups in total. The number of rotatable bonds is 23. The number of carbonyl (C=O) groups is 1. The molecular weight excluding hydrogens is 396 g/mol. The summed E-state index contributed by atoms with van der Waals surface area (Å²) in [5.41, 5.74) is 11.2. The SMILES string of the molecule is CC/C=C\C/C=C\C/C=C\CCCCCCCC(=O)NCCCN(CCCN)CCCN. The fraction of sp³-hybridized carbons (Fsp3) is 0.741. The normalized spacial score (nSPS) is 12.1. The fourth-order valence-electron chi connectivity index (χ4n) is 3.49. The zero-order valence-electron chi connectivity index (χ0n) is 20.9. The maximum Gasteiger partial charge on any atom is 0.219 e. The molecule has 5 nitrogen and oxygen atoms in total. The lowest BCUT2D eigenvalue weighted by Crippen LogP contribution is -2.32. The lowest BCUT2D eigenvalue weighted by Gasteiger charge is -2.21. The molecule has 0 aromatic heterocycles. The Hall–Kier alpha value is -1.43. The number of carbonyl (C=O) groups excluding carboxylic acids is 1. The maximum atomic E-state index is 12.0. The van der Waals surface area contributed by atoms with Crippen LogP contribution in [0.2, 0.25) is 0 Å². The van der Waals surface area contributed by atoms with Crippen LogP contribution in [0.25, 0.3) is 0 Å². The van der Waals surface area contributed by atoms with Gasteiger partial charge in [-0.05, 0) is 90.5 Å². The van der Waals surface area contributed by atoms with E-state index in [9.17, 15) is 4.79 Å². The largest absolute Gasteiger partial charge is 0.356 e. The quantitative estimate of drug-likeness (QED) is 0.150. The number of nitrogens with two attached hydrogens (primary N) is 2. The van der Waals surface area contributed by atoms with Crippen LogP contribution < -0.4 is 16.8 Å². The van der Waals surface area contributed by atoms with Gasteiger partial charge in [0, 0.05) is 13.0 Å². The van der Waals surface area contributed by atoms with Crippen LogP contribution in [0.15, 0.2) is 36.5 Å². The molecule has 5 heteroatoms. The first kappa shape index (κ1) is 30.6. The van der Waals surface area contributed by atoms with E-state index < -0.39 is 0 Å². The molecular formula is C27H52N4O. The maximum absolute atomic E-state index is 12.0. The third-order valence-corrected chi connectivity index (χ3v) is 5.38. The smallest absolute Gasteiger partial charge is 0.219 e. The van der Waals surface area contributed by atoms with Crippen molar-refractivity contribution in [3.63, 3.8) is 0 Å². The number of hydrogen-bond acceptors (Lipinski definition) is 4. The molecule has 186 valence electrons. The van der Waals surface area contributed by atoms with Gasteiger partial charge in [-0.15, -0.1) is 0 Å². The van der Waals surface area contributed by atoms with Crippen molar-refractivity contribution in [1.82, 2.24) is 10.2 Å². The van der Waals surface area contributed by atoms with Crippen molar-refractivity contribution in [3.8, 4) is 0 Å². The van der Waals surface area contributed by atoms with Crippen LogP contribution >= 0.6 is 0 Å². The molecule has 0 atom stereocenters. The van der Waals surface area contributed by atoms with E-state index in [1.165, 1.54) is 19.3 Å². The second-order valence-electron chi connectivity index (χ2n) is 8.43. The van der Waals surface area contributed by atoms with E-state index in [-0.39, 0.29) is 5.91 Å². The Morgan fingerprint density at radius 1 is 0.719 bits per heavy atom. The van der Waals surface area contributed by atoms with E-state index >= 15 is 0 Å². The molecule has 0 aliphatic carbocycles. The first-order valence-corrected chi connectivity index (χ1v) is 13.1. The Labute approximate surface area is 198 Å². The van der Waals surface area contributed by atoms with E-state index in [1.54, 1.807) is 0 Å². The van der Waals surface area contributed by atoms with Gasteiger partial charge in [-0.1, -0.05) is 62.6 Å². The zero-order valence-corrected chi connectivity index (χ0v) is 20.9. The van der Waals surface area contributed by atoms with Crippen molar-refractivity contribution < 1.29 is 4.79 Å². The number of unbranched alkanes of at least 4 members (excludes halogenated alkanes) is 5. The Bertz CT molecular complexity index is 480. The van der Waals surface area contributed by atoms with Gasteiger partial charge >= 0.3 is 0 Å². The molecule has 0 fully saturated rings. The van der Waals surface area contributed by atoms with Gasteiger partial charge in [0.25, 0.3) is 0 Å². The van der Waals surface area contributed by atoms with Gasteiger partial charge in [0.05, 0.1) is 0 Å². The summed E-state index contributed by atoms with van der Waals surface area (Å²) in [6.07, 6.45) is 27.4. The summed E-state index contributed by atoms with van der Waals surface area (Å²) in [4.78, 5) is 14.4. The molecule has 0 aliphatic heterocycles. The van der Waals surface area contributed by atoms with Crippen molar-refractivity contribution in [3.05, 3.63) is 36.5 Å². The van der Waals surface area contributed by atoms with E-state index in [1.807, 2.05) is 0 Å². The van der Waals surface area contributed by atoms with Crippen LogP contribution in [0, 0.1) is 0 Å². The van der Waals surface area contributed by atoms with Crippen LogP contribution in [-0.2, 0) is 4.79 Å². The van der Waals surface area contributed by atoms with Crippen LogP contribution in [-0.4, -0.2) is 50.1 Å². The van der Waals surface area contributed by atoms with Gasteiger partial charge < -0.3 is 21.7 Å². The molecule has 0 rings (SSSR count). The van der Waals surface area contributed by atoms with Crippen molar-refractivity contribution in [2.75, 3.05) is 39.3 Å². The summed E-state index contributed by atoms with van der Waals surface area (Å²) in [5, 5.41) is 3.07. The molecule has 0 spiro atoms. The van der Waals surface area contributed by atoms with E-state index in [0.717, 1.165) is 97.1 Å². The summed E-state index contributed by atoms with van der Waals surface area (Å²) < 4.78 is 0. The lowest BCUT2D eigenvalue weighted by molar-refractivity contribution is -0.121. The number of nitrogens with one attached hydrogen (secondary N) is 1. The summed E-state index contributed by atoms with van der Waals surface area (Å²) in [6, 6.07) is 0. The molecule has 0 saturated heterocycles. The Morgan fingerprint density at radius 2 is 1.28 bits per heavy atom. The van der Waals surface area contributed by atoms with Gasteiger partial charge in [0.2, 0.25) is 5.91 Å². The minimum atomic E-state index is 0.196. The second kappa shape index (κ2) is 25.8. The minimum Gasteiger partial charge on any atom is -0.356 e. The molecule has 1 amide bonds. The first-order chi connectivity index (χ1) is 15.7. The molecule has 0 heterocycles. The van der Waals surface area contributed by atoms with Crippen LogP contribution in [0.1, 0.15) is 90.4 Å². The molecule has 0 radical (unpaired) electrons. The lowest BCUT2D eigenvalue weighted by atomic mass is 10.1. The monoisotopic (exact) mass is 448 g/mol. The van der Waals surface area contributed by atoms with Gasteiger partial charge in [-0.25, -0.2) is 0 Å².